The molecule has 5 nitrogen and oxygen atoms in total. The summed E-state index contributed by atoms with van der Waals surface area (Å²) in [7, 11) is 0. The average molecular weight is 289 g/mol. The van der Waals surface area contributed by atoms with Crippen molar-refractivity contribution in [3.8, 4) is 5.75 Å². The number of nitrogens with zero attached hydrogens (tertiary/aromatic N) is 1. The van der Waals surface area contributed by atoms with Crippen LogP contribution in [0.5, 0.6) is 5.75 Å². The van der Waals surface area contributed by atoms with E-state index in [1.807, 2.05) is 31.2 Å². The van der Waals surface area contributed by atoms with Crippen LogP contribution >= 0.6 is 0 Å². The van der Waals surface area contributed by atoms with Gasteiger partial charge in [0.1, 0.15) is 5.75 Å². The van der Waals surface area contributed by atoms with Crippen LogP contribution < -0.4 is 4.74 Å². The molecule has 1 aromatic carbocycles. The number of ether oxygens (including phenoxy) is 1. The largest absolute Gasteiger partial charge is 0.494 e. The molecule has 0 radical (unpaired) electrons. The molecule has 1 aromatic rings. The van der Waals surface area contributed by atoms with E-state index in [4.69, 9.17) is 9.84 Å². The van der Waals surface area contributed by atoms with Gasteiger partial charge in [-0.3, -0.25) is 9.59 Å². The number of hydrogen-bond acceptors (Lipinski definition) is 3. The molecular weight excluding hydrogens is 270 g/mol. The molecule has 0 saturated carbocycles. The summed E-state index contributed by atoms with van der Waals surface area (Å²) in [6.45, 7) is 3.61. The molecule has 0 aliphatic carbocycles. The third kappa shape index (κ3) is 4.34. The summed E-state index contributed by atoms with van der Waals surface area (Å²) in [5.74, 6) is 0.00751. The highest BCUT2D eigenvalue weighted by atomic mass is 16.5. The van der Waals surface area contributed by atoms with Gasteiger partial charge >= 0.3 is 5.97 Å². The first-order chi connectivity index (χ1) is 10.1. The van der Waals surface area contributed by atoms with E-state index in [1.54, 1.807) is 11.0 Å². The molecule has 0 spiro atoms. The quantitative estimate of drug-likeness (QED) is 0.814. The van der Waals surface area contributed by atoms with E-state index >= 15 is 0 Å². The maximum absolute atomic E-state index is 11.9. The molecule has 1 amide bonds. The first kappa shape index (κ1) is 15.1. The molecule has 2 rings (SSSR count). The Labute approximate surface area is 123 Å². The molecular formula is C16H19NO4. The van der Waals surface area contributed by atoms with Gasteiger partial charge in [0, 0.05) is 25.1 Å². The Bertz CT molecular complexity index is 530. The Balaban J connectivity index is 1.81. The minimum atomic E-state index is -0.808. The lowest BCUT2D eigenvalue weighted by molar-refractivity contribution is -0.143. The van der Waals surface area contributed by atoms with Crippen LogP contribution in [0.15, 0.2) is 30.3 Å². The van der Waals surface area contributed by atoms with Crippen molar-refractivity contribution in [2.75, 3.05) is 19.7 Å². The van der Waals surface area contributed by atoms with E-state index in [2.05, 4.69) is 0 Å². The minimum absolute atomic E-state index is 0.0782. The minimum Gasteiger partial charge on any atom is -0.494 e. The number of benzene rings is 1. The topological polar surface area (TPSA) is 66.8 Å². The second-order valence-corrected chi connectivity index (χ2v) is 5.04. The standard InChI is InChI=1S/C16H19NO4/c1-2-21-14-6-3-12(4-7-14)5-8-15(18)17-10-13(11-17)9-16(19)20/h3-8,13H,2,9-11H2,1H3,(H,19,20). The van der Waals surface area contributed by atoms with Gasteiger partial charge in [0.2, 0.25) is 5.91 Å². The molecule has 0 bridgehead atoms. The van der Waals surface area contributed by atoms with Gasteiger partial charge in [-0.25, -0.2) is 0 Å². The highest BCUT2D eigenvalue weighted by Crippen LogP contribution is 2.19. The molecule has 112 valence electrons. The number of carboxylic acids is 1. The number of carboxylic acid groups (broad SMARTS) is 1. The number of amides is 1. The fraction of sp³-hybridized carbons (Fsp3) is 0.375. The van der Waals surface area contributed by atoms with E-state index < -0.39 is 5.97 Å². The summed E-state index contributed by atoms with van der Waals surface area (Å²) >= 11 is 0. The number of aliphatic carboxylic acids is 1. The Hall–Kier alpha value is -2.30. The third-order valence-corrected chi connectivity index (χ3v) is 3.34. The lowest BCUT2D eigenvalue weighted by Gasteiger charge is -2.37. The van der Waals surface area contributed by atoms with Gasteiger partial charge in [0.15, 0.2) is 0 Å². The van der Waals surface area contributed by atoms with Crippen LogP contribution in [0.3, 0.4) is 0 Å². The Morgan fingerprint density at radius 3 is 2.57 bits per heavy atom. The lowest BCUT2D eigenvalue weighted by Crippen LogP contribution is -2.49. The van der Waals surface area contributed by atoms with Gasteiger partial charge in [-0.2, -0.15) is 0 Å². The van der Waals surface area contributed by atoms with Crippen molar-refractivity contribution in [2.24, 2.45) is 5.92 Å². The van der Waals surface area contributed by atoms with Crippen molar-refractivity contribution in [2.45, 2.75) is 13.3 Å². The summed E-state index contributed by atoms with van der Waals surface area (Å²) in [6, 6.07) is 7.50. The molecule has 21 heavy (non-hydrogen) atoms. The number of carbonyl (C=O) groups is 2. The van der Waals surface area contributed by atoms with Crippen LogP contribution in [-0.2, 0) is 9.59 Å². The number of rotatable bonds is 6. The first-order valence-corrected chi connectivity index (χ1v) is 7.00. The van der Waals surface area contributed by atoms with Crippen LogP contribution in [0.2, 0.25) is 0 Å². The summed E-state index contributed by atoms with van der Waals surface area (Å²) in [5.41, 5.74) is 0.925. The Morgan fingerprint density at radius 2 is 2.00 bits per heavy atom. The molecule has 1 aliphatic rings. The monoisotopic (exact) mass is 289 g/mol. The second kappa shape index (κ2) is 6.92. The molecule has 0 aromatic heterocycles. The normalized spacial score (nSPS) is 15.0. The summed E-state index contributed by atoms with van der Waals surface area (Å²) in [6.07, 6.45) is 3.40. The molecule has 1 aliphatic heterocycles. The van der Waals surface area contributed by atoms with Crippen LogP contribution in [0.4, 0.5) is 0 Å². The van der Waals surface area contributed by atoms with Crippen molar-refractivity contribution in [3.05, 3.63) is 35.9 Å². The summed E-state index contributed by atoms with van der Waals surface area (Å²) < 4.78 is 5.35. The van der Waals surface area contributed by atoms with E-state index in [9.17, 15) is 9.59 Å². The molecule has 1 N–H and O–H groups in total. The first-order valence-electron chi connectivity index (χ1n) is 7.00. The zero-order chi connectivity index (χ0) is 15.2. The maximum atomic E-state index is 11.9. The predicted molar refractivity (Wildman–Crippen MR) is 79.0 cm³/mol. The fourth-order valence-corrected chi connectivity index (χ4v) is 2.24. The van der Waals surface area contributed by atoms with Crippen LogP contribution in [0, 0.1) is 5.92 Å². The van der Waals surface area contributed by atoms with Crippen LogP contribution in [0.1, 0.15) is 18.9 Å². The molecule has 1 heterocycles. The second-order valence-electron chi connectivity index (χ2n) is 5.04. The van der Waals surface area contributed by atoms with E-state index in [0.717, 1.165) is 11.3 Å². The zero-order valence-corrected chi connectivity index (χ0v) is 12.0. The van der Waals surface area contributed by atoms with Crippen molar-refractivity contribution >= 4 is 18.0 Å². The Morgan fingerprint density at radius 1 is 1.33 bits per heavy atom. The lowest BCUT2D eigenvalue weighted by atomic mass is 9.96. The smallest absolute Gasteiger partial charge is 0.303 e. The summed E-state index contributed by atoms with van der Waals surface area (Å²) in [5, 5.41) is 8.66. The molecule has 1 fully saturated rings. The van der Waals surface area contributed by atoms with Crippen LogP contribution in [-0.4, -0.2) is 41.6 Å². The van der Waals surface area contributed by atoms with Gasteiger partial charge in [0.25, 0.3) is 0 Å². The van der Waals surface area contributed by atoms with E-state index in [0.29, 0.717) is 19.7 Å². The highest BCUT2D eigenvalue weighted by Gasteiger charge is 2.30. The molecule has 1 saturated heterocycles. The van der Waals surface area contributed by atoms with Crippen molar-refractivity contribution in [1.82, 2.24) is 4.90 Å². The van der Waals surface area contributed by atoms with Crippen molar-refractivity contribution in [1.29, 1.82) is 0 Å². The fourth-order valence-electron chi connectivity index (χ4n) is 2.24. The SMILES string of the molecule is CCOc1ccc(C=CC(=O)N2CC(CC(=O)O)C2)cc1. The highest BCUT2D eigenvalue weighted by molar-refractivity contribution is 5.92. The van der Waals surface area contributed by atoms with Gasteiger partial charge in [0.05, 0.1) is 13.0 Å². The van der Waals surface area contributed by atoms with Crippen LogP contribution in [0.25, 0.3) is 6.08 Å². The third-order valence-electron chi connectivity index (χ3n) is 3.34. The number of carbonyl (C=O) groups excluding carboxylic acids is 1. The van der Waals surface area contributed by atoms with Gasteiger partial charge in [-0.1, -0.05) is 12.1 Å². The van der Waals surface area contributed by atoms with E-state index in [-0.39, 0.29) is 18.2 Å². The number of hydrogen-bond donors (Lipinski definition) is 1. The zero-order valence-electron chi connectivity index (χ0n) is 12.0. The van der Waals surface area contributed by atoms with E-state index in [1.165, 1.54) is 6.08 Å². The molecule has 0 atom stereocenters. The van der Waals surface area contributed by atoms with Gasteiger partial charge in [-0.05, 0) is 30.7 Å². The van der Waals surface area contributed by atoms with Gasteiger partial charge in [-0.15, -0.1) is 0 Å². The summed E-state index contributed by atoms with van der Waals surface area (Å²) in [4.78, 5) is 24.1. The van der Waals surface area contributed by atoms with Gasteiger partial charge < -0.3 is 14.7 Å². The molecule has 0 unspecified atom stereocenters. The Kier molecular flexibility index (Phi) is 4.98. The predicted octanol–water partition coefficient (Wildman–Crippen LogP) is 2.03. The number of likely N-dealkylation sites (tertiary alicyclic amines) is 1. The van der Waals surface area contributed by atoms with Crippen molar-refractivity contribution < 1.29 is 19.4 Å². The maximum Gasteiger partial charge on any atom is 0.303 e. The average Bonchev–Trinajstić information content (AvgIpc) is 2.41. The van der Waals surface area contributed by atoms with Crippen molar-refractivity contribution in [3.63, 3.8) is 0 Å². The molecule has 5 heteroatoms.